The summed E-state index contributed by atoms with van der Waals surface area (Å²) in [5.41, 5.74) is 2.54. The standard InChI is InChI=1S/C12H10N2/c1-2-5-11-10(4-1)6-9-14-8-3-7-13-12(11)14/h1-9,12H. The number of allylic oxidation sites excluding steroid dienone is 1. The lowest BCUT2D eigenvalue weighted by atomic mass is 10.0. The molecule has 1 atom stereocenters. The van der Waals surface area contributed by atoms with Crippen LogP contribution in [0.1, 0.15) is 17.3 Å². The lowest BCUT2D eigenvalue weighted by Crippen LogP contribution is -2.22. The van der Waals surface area contributed by atoms with E-state index in [4.69, 9.17) is 0 Å². The van der Waals surface area contributed by atoms with Crippen LogP contribution in [-0.4, -0.2) is 11.1 Å². The minimum absolute atomic E-state index is 0.140. The van der Waals surface area contributed by atoms with Crippen LogP contribution in [0.15, 0.2) is 47.7 Å². The van der Waals surface area contributed by atoms with Gasteiger partial charge in [-0.3, -0.25) is 4.99 Å². The number of rotatable bonds is 0. The average molecular weight is 182 g/mol. The summed E-state index contributed by atoms with van der Waals surface area (Å²) in [6.45, 7) is 0. The van der Waals surface area contributed by atoms with Crippen molar-refractivity contribution in [2.45, 2.75) is 6.17 Å². The van der Waals surface area contributed by atoms with E-state index >= 15 is 0 Å². The Kier molecular flexibility index (Phi) is 1.53. The van der Waals surface area contributed by atoms with Crippen LogP contribution in [0.25, 0.3) is 6.08 Å². The number of hydrogen-bond acceptors (Lipinski definition) is 2. The maximum atomic E-state index is 4.46. The SMILES string of the molecule is C1=CN2C=Cc3ccccc3C2N=C1. The van der Waals surface area contributed by atoms with Crippen LogP contribution in [-0.2, 0) is 0 Å². The highest BCUT2D eigenvalue weighted by Gasteiger charge is 2.21. The Bertz CT molecular complexity index is 443. The molecule has 0 radical (unpaired) electrons. The van der Waals surface area contributed by atoms with Gasteiger partial charge in [-0.2, -0.15) is 0 Å². The fourth-order valence-electron chi connectivity index (χ4n) is 1.86. The van der Waals surface area contributed by atoms with Crippen LogP contribution in [0.2, 0.25) is 0 Å². The summed E-state index contributed by atoms with van der Waals surface area (Å²) in [6.07, 6.45) is 10.2. The number of fused-ring (bicyclic) bond motifs is 3. The summed E-state index contributed by atoms with van der Waals surface area (Å²) in [5, 5.41) is 0. The Hall–Kier alpha value is -1.83. The predicted molar refractivity (Wildman–Crippen MR) is 57.7 cm³/mol. The van der Waals surface area contributed by atoms with Crippen molar-refractivity contribution < 1.29 is 0 Å². The number of hydrogen-bond donors (Lipinski definition) is 0. The second-order valence-electron chi connectivity index (χ2n) is 3.41. The predicted octanol–water partition coefficient (Wildman–Crippen LogP) is 2.57. The molecule has 2 nitrogen and oxygen atoms in total. The molecule has 0 fully saturated rings. The second kappa shape index (κ2) is 2.84. The first-order chi connectivity index (χ1) is 6.95. The molecule has 0 spiro atoms. The molecule has 1 unspecified atom stereocenters. The molecule has 0 saturated carbocycles. The molecule has 14 heavy (non-hydrogen) atoms. The molecule has 0 saturated heterocycles. The summed E-state index contributed by atoms with van der Waals surface area (Å²) < 4.78 is 0. The topological polar surface area (TPSA) is 15.6 Å². The van der Waals surface area contributed by atoms with Gasteiger partial charge in [0.25, 0.3) is 0 Å². The van der Waals surface area contributed by atoms with Crippen molar-refractivity contribution in [1.82, 2.24) is 4.90 Å². The van der Waals surface area contributed by atoms with E-state index < -0.39 is 0 Å². The maximum Gasteiger partial charge on any atom is 0.150 e. The highest BCUT2D eigenvalue weighted by molar-refractivity contribution is 5.73. The Morgan fingerprint density at radius 3 is 3.07 bits per heavy atom. The summed E-state index contributed by atoms with van der Waals surface area (Å²) >= 11 is 0. The van der Waals surface area contributed by atoms with Crippen molar-refractivity contribution in [2.75, 3.05) is 0 Å². The zero-order chi connectivity index (χ0) is 9.38. The van der Waals surface area contributed by atoms with Crippen LogP contribution in [0.3, 0.4) is 0 Å². The number of aliphatic imine (C=N–C) groups is 1. The van der Waals surface area contributed by atoms with Gasteiger partial charge in [-0.25, -0.2) is 0 Å². The lowest BCUT2D eigenvalue weighted by molar-refractivity contribution is 0.381. The maximum absolute atomic E-state index is 4.46. The first-order valence-corrected chi connectivity index (χ1v) is 4.70. The van der Waals surface area contributed by atoms with Crippen LogP contribution in [0.4, 0.5) is 0 Å². The zero-order valence-corrected chi connectivity index (χ0v) is 7.67. The molecule has 0 amide bonds. The van der Waals surface area contributed by atoms with Gasteiger partial charge in [0.1, 0.15) is 0 Å². The number of benzene rings is 1. The minimum atomic E-state index is 0.140. The van der Waals surface area contributed by atoms with E-state index in [-0.39, 0.29) is 6.17 Å². The van der Waals surface area contributed by atoms with E-state index in [1.54, 1.807) is 0 Å². The van der Waals surface area contributed by atoms with Crippen molar-refractivity contribution in [3.05, 3.63) is 53.9 Å². The van der Waals surface area contributed by atoms with Crippen LogP contribution >= 0.6 is 0 Å². The molecule has 2 heteroatoms. The summed E-state index contributed by atoms with van der Waals surface area (Å²) in [5.74, 6) is 0. The molecule has 3 rings (SSSR count). The molecule has 0 aliphatic carbocycles. The van der Waals surface area contributed by atoms with Crippen LogP contribution in [0.5, 0.6) is 0 Å². The molecule has 1 aromatic rings. The van der Waals surface area contributed by atoms with Gasteiger partial charge in [-0.15, -0.1) is 0 Å². The third kappa shape index (κ3) is 1.01. The number of nitrogens with zero attached hydrogens (tertiary/aromatic N) is 2. The lowest BCUT2D eigenvalue weighted by Gasteiger charge is -2.30. The molecule has 2 heterocycles. The van der Waals surface area contributed by atoms with E-state index in [0.717, 1.165) is 0 Å². The Labute approximate surface area is 82.9 Å². The molecule has 0 N–H and O–H groups in total. The van der Waals surface area contributed by atoms with Gasteiger partial charge < -0.3 is 4.90 Å². The van der Waals surface area contributed by atoms with Gasteiger partial charge >= 0.3 is 0 Å². The molecular formula is C12H10N2. The average Bonchev–Trinajstić information content (AvgIpc) is 2.29. The summed E-state index contributed by atoms with van der Waals surface area (Å²) in [4.78, 5) is 6.57. The van der Waals surface area contributed by atoms with Gasteiger partial charge in [0.2, 0.25) is 0 Å². The summed E-state index contributed by atoms with van der Waals surface area (Å²) in [6, 6.07) is 8.37. The Morgan fingerprint density at radius 2 is 2.07 bits per heavy atom. The van der Waals surface area contributed by atoms with Crippen LogP contribution in [0, 0.1) is 0 Å². The van der Waals surface area contributed by atoms with Gasteiger partial charge in [0, 0.05) is 24.2 Å². The quantitative estimate of drug-likeness (QED) is 0.602. The van der Waals surface area contributed by atoms with Crippen molar-refractivity contribution in [3.63, 3.8) is 0 Å². The molecule has 2 aliphatic heterocycles. The fourth-order valence-corrected chi connectivity index (χ4v) is 1.86. The van der Waals surface area contributed by atoms with E-state index in [1.807, 2.05) is 18.5 Å². The van der Waals surface area contributed by atoms with Gasteiger partial charge in [-0.1, -0.05) is 24.3 Å². The smallest absolute Gasteiger partial charge is 0.150 e. The third-order valence-corrected chi connectivity index (χ3v) is 2.55. The zero-order valence-electron chi connectivity index (χ0n) is 7.67. The highest BCUT2D eigenvalue weighted by atomic mass is 15.2. The Morgan fingerprint density at radius 1 is 1.14 bits per heavy atom. The van der Waals surface area contributed by atoms with Crippen molar-refractivity contribution in [1.29, 1.82) is 0 Å². The van der Waals surface area contributed by atoms with E-state index in [9.17, 15) is 0 Å². The van der Waals surface area contributed by atoms with Crippen LogP contribution < -0.4 is 0 Å². The molecule has 68 valence electrons. The monoisotopic (exact) mass is 182 g/mol. The molecular weight excluding hydrogens is 172 g/mol. The Balaban J connectivity index is 2.15. The first kappa shape index (κ1) is 7.56. The third-order valence-electron chi connectivity index (χ3n) is 2.55. The van der Waals surface area contributed by atoms with E-state index in [2.05, 4.69) is 46.4 Å². The van der Waals surface area contributed by atoms with Crippen molar-refractivity contribution >= 4 is 12.3 Å². The minimum Gasteiger partial charge on any atom is -0.328 e. The normalized spacial score (nSPS) is 22.0. The van der Waals surface area contributed by atoms with Crippen molar-refractivity contribution in [2.24, 2.45) is 4.99 Å². The van der Waals surface area contributed by atoms with E-state index in [0.29, 0.717) is 0 Å². The van der Waals surface area contributed by atoms with Gasteiger partial charge in [-0.05, 0) is 17.7 Å². The molecule has 2 aliphatic rings. The van der Waals surface area contributed by atoms with Gasteiger partial charge in [0.05, 0.1) is 0 Å². The van der Waals surface area contributed by atoms with Gasteiger partial charge in [0.15, 0.2) is 6.17 Å². The molecule has 0 bridgehead atoms. The fraction of sp³-hybridized carbons (Fsp3) is 0.0833. The van der Waals surface area contributed by atoms with Crippen molar-refractivity contribution in [3.8, 4) is 0 Å². The first-order valence-electron chi connectivity index (χ1n) is 4.70. The molecule has 0 aromatic heterocycles. The van der Waals surface area contributed by atoms with E-state index in [1.165, 1.54) is 11.1 Å². The highest BCUT2D eigenvalue weighted by Crippen LogP contribution is 2.32. The molecule has 1 aromatic carbocycles. The largest absolute Gasteiger partial charge is 0.328 e. The summed E-state index contributed by atoms with van der Waals surface area (Å²) in [7, 11) is 0. The second-order valence-corrected chi connectivity index (χ2v) is 3.41.